The van der Waals surface area contributed by atoms with Crippen molar-refractivity contribution in [3.8, 4) is 0 Å². The molecule has 0 radical (unpaired) electrons. The maximum Gasteiger partial charge on any atom is 0.0604 e. The average molecular weight is 220 g/mol. The second-order valence-corrected chi connectivity index (χ2v) is 4.57. The van der Waals surface area contributed by atoms with Crippen LogP contribution in [0, 0.1) is 5.92 Å². The summed E-state index contributed by atoms with van der Waals surface area (Å²) < 4.78 is 0. The molecule has 3 heteroatoms. The Balaban J connectivity index is 1.92. The van der Waals surface area contributed by atoms with Gasteiger partial charge in [-0.15, -0.1) is 0 Å². The maximum atomic E-state index is 9.75. The Morgan fingerprint density at radius 1 is 1.31 bits per heavy atom. The minimum Gasteiger partial charge on any atom is -0.393 e. The summed E-state index contributed by atoms with van der Waals surface area (Å²) in [4.78, 5) is 2.37. The van der Waals surface area contributed by atoms with Crippen molar-refractivity contribution in [1.29, 1.82) is 0 Å². The number of hydrogen-bond acceptors (Lipinski definition) is 3. The SMILES string of the molecule is NCC1CN(Cc2ccccc2)CCC1O. The Bertz CT molecular complexity index is 315. The Kier molecular flexibility index (Phi) is 3.93. The second-order valence-electron chi connectivity index (χ2n) is 4.57. The van der Waals surface area contributed by atoms with Crippen LogP contribution in [0.15, 0.2) is 30.3 Å². The van der Waals surface area contributed by atoms with Crippen molar-refractivity contribution in [2.75, 3.05) is 19.6 Å². The highest BCUT2D eigenvalue weighted by Gasteiger charge is 2.26. The first kappa shape index (κ1) is 11.6. The molecule has 2 rings (SSSR count). The first-order chi connectivity index (χ1) is 7.79. The second kappa shape index (κ2) is 5.43. The fourth-order valence-electron chi connectivity index (χ4n) is 2.31. The maximum absolute atomic E-state index is 9.75. The van der Waals surface area contributed by atoms with Gasteiger partial charge in [-0.3, -0.25) is 4.90 Å². The van der Waals surface area contributed by atoms with E-state index < -0.39 is 0 Å². The van der Waals surface area contributed by atoms with Gasteiger partial charge in [-0.05, 0) is 18.5 Å². The largest absolute Gasteiger partial charge is 0.393 e. The number of nitrogens with zero attached hydrogens (tertiary/aromatic N) is 1. The molecule has 2 unspecified atom stereocenters. The summed E-state index contributed by atoms with van der Waals surface area (Å²) in [5.41, 5.74) is 6.99. The number of rotatable bonds is 3. The molecule has 1 aliphatic heterocycles. The van der Waals surface area contributed by atoms with Crippen molar-refractivity contribution >= 4 is 0 Å². The fourth-order valence-corrected chi connectivity index (χ4v) is 2.31. The van der Waals surface area contributed by atoms with Crippen LogP contribution < -0.4 is 5.73 Å². The molecule has 3 N–H and O–H groups in total. The smallest absolute Gasteiger partial charge is 0.0604 e. The van der Waals surface area contributed by atoms with Crippen LogP contribution in [0.2, 0.25) is 0 Å². The lowest BCUT2D eigenvalue weighted by atomic mass is 9.94. The lowest BCUT2D eigenvalue weighted by Gasteiger charge is -2.35. The zero-order valence-corrected chi connectivity index (χ0v) is 9.55. The van der Waals surface area contributed by atoms with Crippen molar-refractivity contribution < 1.29 is 5.11 Å². The van der Waals surface area contributed by atoms with E-state index in [-0.39, 0.29) is 12.0 Å². The molecule has 1 aromatic rings. The van der Waals surface area contributed by atoms with Crippen LogP contribution in [-0.2, 0) is 6.54 Å². The molecule has 1 aliphatic rings. The number of piperidine rings is 1. The lowest BCUT2D eigenvalue weighted by Crippen LogP contribution is -2.45. The van der Waals surface area contributed by atoms with Crippen LogP contribution in [0.5, 0.6) is 0 Å². The lowest BCUT2D eigenvalue weighted by molar-refractivity contribution is 0.0277. The van der Waals surface area contributed by atoms with Crippen LogP contribution in [0.1, 0.15) is 12.0 Å². The van der Waals surface area contributed by atoms with Crippen molar-refractivity contribution in [2.24, 2.45) is 11.7 Å². The quantitative estimate of drug-likeness (QED) is 0.793. The Morgan fingerprint density at radius 3 is 2.75 bits per heavy atom. The molecule has 2 atom stereocenters. The molecular weight excluding hydrogens is 200 g/mol. The van der Waals surface area contributed by atoms with Crippen molar-refractivity contribution in [3.05, 3.63) is 35.9 Å². The number of hydrogen-bond donors (Lipinski definition) is 2. The van der Waals surface area contributed by atoms with Gasteiger partial charge in [0, 0.05) is 25.6 Å². The van der Waals surface area contributed by atoms with E-state index >= 15 is 0 Å². The molecule has 3 nitrogen and oxygen atoms in total. The molecule has 0 aromatic heterocycles. The summed E-state index contributed by atoms with van der Waals surface area (Å²) in [7, 11) is 0. The first-order valence-corrected chi connectivity index (χ1v) is 5.94. The van der Waals surface area contributed by atoms with E-state index in [2.05, 4.69) is 29.2 Å². The van der Waals surface area contributed by atoms with Gasteiger partial charge in [0.05, 0.1) is 6.10 Å². The molecule has 0 spiro atoms. The van der Waals surface area contributed by atoms with Crippen molar-refractivity contribution in [1.82, 2.24) is 4.90 Å². The standard InChI is InChI=1S/C13H20N2O/c14-8-12-10-15(7-6-13(12)16)9-11-4-2-1-3-5-11/h1-5,12-13,16H,6-10,14H2. The topological polar surface area (TPSA) is 49.5 Å². The van der Waals surface area contributed by atoms with Crippen LogP contribution in [0.25, 0.3) is 0 Å². The van der Waals surface area contributed by atoms with E-state index in [0.29, 0.717) is 6.54 Å². The average Bonchev–Trinajstić information content (AvgIpc) is 2.33. The molecule has 88 valence electrons. The fraction of sp³-hybridized carbons (Fsp3) is 0.538. The number of aliphatic hydroxyl groups excluding tert-OH is 1. The zero-order valence-electron chi connectivity index (χ0n) is 9.55. The van der Waals surface area contributed by atoms with Gasteiger partial charge in [0.1, 0.15) is 0 Å². The number of aliphatic hydroxyl groups is 1. The predicted octanol–water partition coefficient (Wildman–Crippen LogP) is 0.828. The summed E-state index contributed by atoms with van der Waals surface area (Å²) in [6, 6.07) is 10.4. The van der Waals surface area contributed by atoms with Crippen molar-refractivity contribution in [3.63, 3.8) is 0 Å². The van der Waals surface area contributed by atoms with Crippen LogP contribution in [0.3, 0.4) is 0 Å². The monoisotopic (exact) mass is 220 g/mol. The normalized spacial score (nSPS) is 26.9. The highest BCUT2D eigenvalue weighted by Crippen LogP contribution is 2.18. The third kappa shape index (κ3) is 2.82. The molecule has 16 heavy (non-hydrogen) atoms. The molecule has 0 saturated carbocycles. The Morgan fingerprint density at radius 2 is 2.06 bits per heavy atom. The van der Waals surface area contributed by atoms with Crippen LogP contribution in [0.4, 0.5) is 0 Å². The third-order valence-corrected chi connectivity index (χ3v) is 3.33. The summed E-state index contributed by atoms with van der Waals surface area (Å²) in [5, 5.41) is 9.75. The summed E-state index contributed by atoms with van der Waals surface area (Å²) in [5.74, 6) is 0.234. The van der Waals surface area contributed by atoms with Gasteiger partial charge >= 0.3 is 0 Å². The zero-order chi connectivity index (χ0) is 11.4. The summed E-state index contributed by atoms with van der Waals surface area (Å²) in [6.45, 7) is 3.41. The first-order valence-electron chi connectivity index (χ1n) is 5.94. The van der Waals surface area contributed by atoms with Crippen LogP contribution >= 0.6 is 0 Å². The van der Waals surface area contributed by atoms with E-state index in [1.807, 2.05) is 6.07 Å². The predicted molar refractivity (Wildman–Crippen MR) is 64.9 cm³/mol. The summed E-state index contributed by atoms with van der Waals surface area (Å²) >= 11 is 0. The number of likely N-dealkylation sites (tertiary alicyclic amines) is 1. The van der Waals surface area contributed by atoms with Gasteiger partial charge in [0.2, 0.25) is 0 Å². The van der Waals surface area contributed by atoms with Gasteiger partial charge < -0.3 is 10.8 Å². The minimum atomic E-state index is -0.211. The van der Waals surface area contributed by atoms with Crippen molar-refractivity contribution in [2.45, 2.75) is 19.1 Å². The van der Waals surface area contributed by atoms with Gasteiger partial charge in [-0.25, -0.2) is 0 Å². The molecule has 0 amide bonds. The van der Waals surface area contributed by atoms with E-state index in [1.165, 1.54) is 5.56 Å². The van der Waals surface area contributed by atoms with Crippen LogP contribution in [-0.4, -0.2) is 35.7 Å². The molecule has 1 aromatic carbocycles. The number of benzene rings is 1. The van der Waals surface area contributed by atoms with E-state index in [1.54, 1.807) is 0 Å². The molecule has 0 bridgehead atoms. The molecule has 0 aliphatic carbocycles. The minimum absolute atomic E-state index is 0.211. The Labute approximate surface area is 96.9 Å². The highest BCUT2D eigenvalue weighted by atomic mass is 16.3. The van der Waals surface area contributed by atoms with Gasteiger partial charge in [-0.1, -0.05) is 30.3 Å². The van der Waals surface area contributed by atoms with Gasteiger partial charge in [0.15, 0.2) is 0 Å². The molecule has 1 heterocycles. The van der Waals surface area contributed by atoms with E-state index in [9.17, 15) is 5.11 Å². The van der Waals surface area contributed by atoms with Gasteiger partial charge in [-0.2, -0.15) is 0 Å². The Hall–Kier alpha value is -0.900. The highest BCUT2D eigenvalue weighted by molar-refractivity contribution is 5.14. The van der Waals surface area contributed by atoms with E-state index in [0.717, 1.165) is 26.1 Å². The molecule has 1 saturated heterocycles. The molecular formula is C13H20N2O. The van der Waals surface area contributed by atoms with Gasteiger partial charge in [0.25, 0.3) is 0 Å². The summed E-state index contributed by atoms with van der Waals surface area (Å²) in [6.07, 6.45) is 0.631. The van der Waals surface area contributed by atoms with E-state index in [4.69, 9.17) is 5.73 Å². The molecule has 1 fully saturated rings. The number of nitrogens with two attached hydrogens (primary N) is 1. The third-order valence-electron chi connectivity index (χ3n) is 3.33.